The minimum Gasteiger partial charge on any atom is -0.497 e. The van der Waals surface area contributed by atoms with Crippen molar-refractivity contribution in [2.75, 3.05) is 7.11 Å². The van der Waals surface area contributed by atoms with Gasteiger partial charge < -0.3 is 14.7 Å². The van der Waals surface area contributed by atoms with Crippen LogP contribution in [0.5, 0.6) is 5.75 Å². The number of likely N-dealkylation sites (tertiary alicyclic amines) is 1. The Morgan fingerprint density at radius 2 is 2.04 bits per heavy atom. The van der Waals surface area contributed by atoms with E-state index in [1.807, 2.05) is 18.2 Å². The number of benzene rings is 1. The van der Waals surface area contributed by atoms with Gasteiger partial charge in [0.1, 0.15) is 5.75 Å². The van der Waals surface area contributed by atoms with E-state index in [-0.39, 0.29) is 12.3 Å². The number of aliphatic carboxylic acids is 1. The number of hydrogen-bond donors (Lipinski definition) is 1. The van der Waals surface area contributed by atoms with Gasteiger partial charge in [-0.15, -0.1) is 0 Å². The standard InChI is InChI=1S/C18H21N3O4/c1-20-13(9-10-19-20)11-21-16(22)8-7-15(18(23)24)17(21)12-3-5-14(25-2)6-4-12/h3-6,9-10,15,17H,7-8,11H2,1-2H3,(H,23,24)/t15-,17-/m1/s1. The molecule has 2 aromatic rings. The van der Waals surface area contributed by atoms with E-state index in [9.17, 15) is 14.7 Å². The molecule has 0 saturated carbocycles. The number of aryl methyl sites for hydroxylation is 1. The highest BCUT2D eigenvalue weighted by atomic mass is 16.5. The van der Waals surface area contributed by atoms with Crippen molar-refractivity contribution in [3.63, 3.8) is 0 Å². The van der Waals surface area contributed by atoms with Gasteiger partial charge in [-0.2, -0.15) is 5.10 Å². The molecule has 3 rings (SSSR count). The molecule has 2 heterocycles. The van der Waals surface area contributed by atoms with Crippen LogP contribution in [0.3, 0.4) is 0 Å². The Labute approximate surface area is 145 Å². The second-order valence-electron chi connectivity index (χ2n) is 6.17. The van der Waals surface area contributed by atoms with Gasteiger partial charge in [0.05, 0.1) is 31.3 Å². The Morgan fingerprint density at radius 1 is 1.32 bits per heavy atom. The summed E-state index contributed by atoms with van der Waals surface area (Å²) in [5, 5.41) is 13.8. The zero-order valence-corrected chi connectivity index (χ0v) is 14.3. The van der Waals surface area contributed by atoms with Crippen molar-refractivity contribution < 1.29 is 19.4 Å². The number of hydrogen-bond acceptors (Lipinski definition) is 4. The van der Waals surface area contributed by atoms with Crippen LogP contribution in [-0.4, -0.2) is 38.8 Å². The van der Waals surface area contributed by atoms with Crippen molar-refractivity contribution in [1.29, 1.82) is 0 Å². The van der Waals surface area contributed by atoms with Crippen LogP contribution < -0.4 is 4.74 Å². The molecule has 1 N–H and O–H groups in total. The highest BCUT2D eigenvalue weighted by Gasteiger charge is 2.40. The number of carbonyl (C=O) groups excluding carboxylic acids is 1. The first kappa shape index (κ1) is 17.0. The number of aromatic nitrogens is 2. The molecule has 1 amide bonds. The summed E-state index contributed by atoms with van der Waals surface area (Å²) >= 11 is 0. The van der Waals surface area contributed by atoms with Gasteiger partial charge in [0, 0.05) is 19.7 Å². The Morgan fingerprint density at radius 3 is 2.60 bits per heavy atom. The fourth-order valence-corrected chi connectivity index (χ4v) is 3.34. The van der Waals surface area contributed by atoms with Gasteiger partial charge in [0.25, 0.3) is 0 Å². The average Bonchev–Trinajstić information content (AvgIpc) is 3.01. The summed E-state index contributed by atoms with van der Waals surface area (Å²) in [4.78, 5) is 26.0. The van der Waals surface area contributed by atoms with E-state index < -0.39 is 17.9 Å². The molecule has 0 radical (unpaired) electrons. The highest BCUT2D eigenvalue weighted by Crippen LogP contribution is 2.38. The van der Waals surface area contributed by atoms with E-state index in [1.54, 1.807) is 42.1 Å². The van der Waals surface area contributed by atoms with Gasteiger partial charge in [-0.05, 0) is 30.2 Å². The molecule has 0 bridgehead atoms. The lowest BCUT2D eigenvalue weighted by molar-refractivity contribution is -0.152. The number of piperidine rings is 1. The van der Waals surface area contributed by atoms with E-state index in [0.29, 0.717) is 18.7 Å². The van der Waals surface area contributed by atoms with Gasteiger partial charge in [-0.25, -0.2) is 0 Å². The minimum atomic E-state index is -0.886. The summed E-state index contributed by atoms with van der Waals surface area (Å²) in [6.45, 7) is 0.329. The maximum atomic E-state index is 12.6. The smallest absolute Gasteiger partial charge is 0.308 e. The Balaban J connectivity index is 1.99. The van der Waals surface area contributed by atoms with Crippen molar-refractivity contribution in [3.05, 3.63) is 47.8 Å². The van der Waals surface area contributed by atoms with Crippen molar-refractivity contribution in [1.82, 2.24) is 14.7 Å². The van der Waals surface area contributed by atoms with Gasteiger partial charge in [0.15, 0.2) is 0 Å². The number of carbonyl (C=O) groups is 2. The van der Waals surface area contributed by atoms with Crippen molar-refractivity contribution in [2.45, 2.75) is 25.4 Å². The maximum Gasteiger partial charge on any atom is 0.308 e. The third-order valence-corrected chi connectivity index (χ3v) is 4.74. The fourth-order valence-electron chi connectivity index (χ4n) is 3.34. The fraction of sp³-hybridized carbons (Fsp3) is 0.389. The van der Waals surface area contributed by atoms with E-state index in [1.165, 1.54) is 0 Å². The molecule has 1 saturated heterocycles. The molecule has 1 fully saturated rings. The molecule has 0 unspecified atom stereocenters. The number of carboxylic acids is 1. The number of nitrogens with zero attached hydrogens (tertiary/aromatic N) is 3. The zero-order chi connectivity index (χ0) is 18.0. The molecule has 0 spiro atoms. The molecule has 1 aromatic heterocycles. The number of methoxy groups -OCH3 is 1. The molecule has 132 valence electrons. The second-order valence-corrected chi connectivity index (χ2v) is 6.17. The molecule has 1 aromatic carbocycles. The molecular weight excluding hydrogens is 322 g/mol. The quantitative estimate of drug-likeness (QED) is 0.897. The van der Waals surface area contributed by atoms with E-state index >= 15 is 0 Å². The summed E-state index contributed by atoms with van der Waals surface area (Å²) in [7, 11) is 3.38. The normalized spacial score (nSPS) is 20.6. The lowest BCUT2D eigenvalue weighted by Gasteiger charge is -2.39. The van der Waals surface area contributed by atoms with Gasteiger partial charge in [0.2, 0.25) is 5.91 Å². The van der Waals surface area contributed by atoms with Crippen LogP contribution in [0.2, 0.25) is 0 Å². The van der Waals surface area contributed by atoms with E-state index in [4.69, 9.17) is 4.74 Å². The highest BCUT2D eigenvalue weighted by molar-refractivity contribution is 5.81. The Bertz CT molecular complexity index is 769. The zero-order valence-electron chi connectivity index (χ0n) is 14.3. The van der Waals surface area contributed by atoms with Crippen LogP contribution in [0.25, 0.3) is 0 Å². The lowest BCUT2D eigenvalue weighted by Crippen LogP contribution is -2.45. The van der Waals surface area contributed by atoms with Crippen LogP contribution in [0.4, 0.5) is 0 Å². The van der Waals surface area contributed by atoms with Gasteiger partial charge in [-0.3, -0.25) is 14.3 Å². The molecule has 25 heavy (non-hydrogen) atoms. The van der Waals surface area contributed by atoms with Crippen molar-refractivity contribution in [2.24, 2.45) is 13.0 Å². The first-order chi connectivity index (χ1) is 12.0. The van der Waals surface area contributed by atoms with Crippen LogP contribution in [0, 0.1) is 5.92 Å². The third kappa shape index (κ3) is 3.35. The Hall–Kier alpha value is -2.83. The summed E-state index contributed by atoms with van der Waals surface area (Å²) in [6, 6.07) is 8.55. The van der Waals surface area contributed by atoms with Crippen LogP contribution in [0.15, 0.2) is 36.5 Å². The molecule has 2 atom stereocenters. The molecule has 7 heteroatoms. The molecule has 1 aliphatic heterocycles. The minimum absolute atomic E-state index is 0.0421. The molecule has 1 aliphatic rings. The summed E-state index contributed by atoms with van der Waals surface area (Å²) in [6.07, 6.45) is 2.25. The first-order valence-corrected chi connectivity index (χ1v) is 8.14. The molecule has 7 nitrogen and oxygen atoms in total. The van der Waals surface area contributed by atoms with Gasteiger partial charge in [-0.1, -0.05) is 12.1 Å². The SMILES string of the molecule is COc1ccc([C@@H]2[C@H](C(=O)O)CCC(=O)N2Cc2ccnn2C)cc1. The number of ether oxygens (including phenoxy) is 1. The predicted molar refractivity (Wildman–Crippen MR) is 89.9 cm³/mol. The number of rotatable bonds is 5. The maximum absolute atomic E-state index is 12.6. The molecule has 0 aliphatic carbocycles. The van der Waals surface area contributed by atoms with Crippen LogP contribution >= 0.6 is 0 Å². The molecular formula is C18H21N3O4. The first-order valence-electron chi connectivity index (χ1n) is 8.14. The largest absolute Gasteiger partial charge is 0.497 e. The van der Waals surface area contributed by atoms with Gasteiger partial charge >= 0.3 is 5.97 Å². The van der Waals surface area contributed by atoms with Crippen molar-refractivity contribution in [3.8, 4) is 5.75 Å². The van der Waals surface area contributed by atoms with Crippen LogP contribution in [-0.2, 0) is 23.2 Å². The second kappa shape index (κ2) is 6.96. The van der Waals surface area contributed by atoms with E-state index in [0.717, 1.165) is 11.3 Å². The number of amides is 1. The summed E-state index contributed by atoms with van der Waals surface area (Å²) in [5.74, 6) is -0.877. The summed E-state index contributed by atoms with van der Waals surface area (Å²) in [5.41, 5.74) is 1.65. The summed E-state index contributed by atoms with van der Waals surface area (Å²) < 4.78 is 6.87. The monoisotopic (exact) mass is 343 g/mol. The van der Waals surface area contributed by atoms with E-state index in [2.05, 4.69) is 5.10 Å². The predicted octanol–water partition coefficient (Wildman–Crippen LogP) is 1.99. The lowest BCUT2D eigenvalue weighted by atomic mass is 9.84. The van der Waals surface area contributed by atoms with Crippen molar-refractivity contribution >= 4 is 11.9 Å². The topological polar surface area (TPSA) is 84.7 Å². The Kier molecular flexibility index (Phi) is 4.74. The average molecular weight is 343 g/mol. The van der Waals surface area contributed by atoms with Crippen LogP contribution in [0.1, 0.15) is 30.1 Å². The third-order valence-electron chi connectivity index (χ3n) is 4.74. The number of carboxylic acid groups (broad SMARTS) is 1.